The number of fused-ring (bicyclic) bond motifs is 1. The number of halogens is 1. The number of ether oxygens (including phenoxy) is 1. The molecule has 1 heterocycles. The molecule has 6 heteroatoms. The molecule has 3 rings (SSSR count). The van der Waals surface area contributed by atoms with E-state index in [0.29, 0.717) is 11.4 Å². The van der Waals surface area contributed by atoms with Gasteiger partial charge in [-0.05, 0) is 37.3 Å². The minimum atomic E-state index is -3.71. The molecule has 0 bridgehead atoms. The Morgan fingerprint density at radius 3 is 2.61 bits per heavy atom. The van der Waals surface area contributed by atoms with Crippen LogP contribution in [0.25, 0.3) is 0 Å². The summed E-state index contributed by atoms with van der Waals surface area (Å²) in [6, 6.07) is 11.7. The summed E-state index contributed by atoms with van der Waals surface area (Å²) in [5.74, 6) is 0.544. The first-order valence-electron chi connectivity index (χ1n) is 7.09. The largest absolute Gasteiger partial charge is 0.489 e. The van der Waals surface area contributed by atoms with Crippen LogP contribution in [0.3, 0.4) is 0 Å². The van der Waals surface area contributed by atoms with Gasteiger partial charge in [-0.25, -0.2) is 8.42 Å². The van der Waals surface area contributed by atoms with Crippen molar-refractivity contribution >= 4 is 31.6 Å². The van der Waals surface area contributed by atoms with Crippen LogP contribution in [0.1, 0.15) is 5.56 Å². The van der Waals surface area contributed by atoms with Crippen LogP contribution < -0.4 is 9.04 Å². The molecule has 2 aromatic carbocycles. The number of benzene rings is 2. The van der Waals surface area contributed by atoms with E-state index in [0.717, 1.165) is 10.0 Å². The third-order valence-electron chi connectivity index (χ3n) is 3.72. The first-order chi connectivity index (χ1) is 10.9. The number of hydrogen-bond donors (Lipinski definition) is 0. The Morgan fingerprint density at radius 1 is 1.26 bits per heavy atom. The second-order valence-corrected chi connectivity index (χ2v) is 8.07. The summed E-state index contributed by atoms with van der Waals surface area (Å²) >= 11 is 3.39. The molecule has 0 saturated heterocycles. The molecular weight excluding hydrogens is 378 g/mol. The first kappa shape index (κ1) is 16.1. The van der Waals surface area contributed by atoms with Crippen molar-refractivity contribution in [2.75, 3.05) is 10.9 Å². The minimum absolute atomic E-state index is 0.239. The Bertz CT molecular complexity index is 847. The van der Waals surface area contributed by atoms with Gasteiger partial charge in [-0.2, -0.15) is 0 Å². The number of sulfonamides is 1. The zero-order chi connectivity index (χ0) is 16.6. The summed E-state index contributed by atoms with van der Waals surface area (Å²) in [5.41, 5.74) is 1.52. The number of aryl methyl sites for hydroxylation is 1. The molecule has 1 atom stereocenters. The van der Waals surface area contributed by atoms with Gasteiger partial charge in [0.1, 0.15) is 12.4 Å². The summed E-state index contributed by atoms with van der Waals surface area (Å²) in [4.78, 5) is 0.253. The monoisotopic (exact) mass is 393 g/mol. The third kappa shape index (κ3) is 2.88. The lowest BCUT2D eigenvalue weighted by Crippen LogP contribution is -2.45. The zero-order valence-corrected chi connectivity index (χ0v) is 15.0. The molecule has 0 N–H and O–H groups in total. The average molecular weight is 394 g/mol. The highest BCUT2D eigenvalue weighted by Gasteiger charge is 2.35. The topological polar surface area (TPSA) is 46.6 Å². The standard InChI is InChI=1S/C17H16BrNO3S/c1-3-14-11-22-17-9-6-13(18)10-16(17)19(14)23(20,21)15-7-4-12(2)5-8-15/h3-10,14H,1,11H2,2H3/t14-/m1/s1. The Kier molecular flexibility index (Phi) is 4.21. The van der Waals surface area contributed by atoms with Gasteiger partial charge in [0.15, 0.2) is 0 Å². The molecule has 1 aliphatic heterocycles. The highest BCUT2D eigenvalue weighted by molar-refractivity contribution is 9.10. The summed E-state index contributed by atoms with van der Waals surface area (Å²) in [6.45, 7) is 5.91. The highest BCUT2D eigenvalue weighted by Crippen LogP contribution is 2.39. The van der Waals surface area contributed by atoms with E-state index >= 15 is 0 Å². The van der Waals surface area contributed by atoms with Crippen LogP contribution in [0.4, 0.5) is 5.69 Å². The molecular formula is C17H16BrNO3S. The molecule has 0 saturated carbocycles. The number of anilines is 1. The number of rotatable bonds is 3. The van der Waals surface area contributed by atoms with Crippen molar-refractivity contribution in [1.82, 2.24) is 0 Å². The van der Waals surface area contributed by atoms with Gasteiger partial charge in [0, 0.05) is 4.47 Å². The van der Waals surface area contributed by atoms with Crippen molar-refractivity contribution in [2.45, 2.75) is 17.9 Å². The lowest BCUT2D eigenvalue weighted by Gasteiger charge is -2.36. The molecule has 0 spiro atoms. The van der Waals surface area contributed by atoms with Crippen LogP contribution in [-0.4, -0.2) is 21.1 Å². The van der Waals surface area contributed by atoms with Gasteiger partial charge in [0.2, 0.25) is 0 Å². The van der Waals surface area contributed by atoms with Gasteiger partial charge in [0.05, 0.1) is 16.6 Å². The second kappa shape index (κ2) is 6.02. The van der Waals surface area contributed by atoms with E-state index in [-0.39, 0.29) is 11.5 Å². The van der Waals surface area contributed by atoms with Crippen molar-refractivity contribution in [3.63, 3.8) is 0 Å². The van der Waals surface area contributed by atoms with Crippen LogP contribution in [-0.2, 0) is 10.0 Å². The van der Waals surface area contributed by atoms with Crippen molar-refractivity contribution in [2.24, 2.45) is 0 Å². The molecule has 120 valence electrons. The van der Waals surface area contributed by atoms with E-state index in [4.69, 9.17) is 4.74 Å². The first-order valence-corrected chi connectivity index (χ1v) is 9.33. The van der Waals surface area contributed by atoms with Crippen molar-refractivity contribution in [1.29, 1.82) is 0 Å². The van der Waals surface area contributed by atoms with Crippen LogP contribution in [0, 0.1) is 6.92 Å². The molecule has 0 aromatic heterocycles. The summed E-state index contributed by atoms with van der Waals surface area (Å²) in [5, 5.41) is 0. The van der Waals surface area contributed by atoms with Gasteiger partial charge in [-0.1, -0.05) is 39.7 Å². The fraction of sp³-hybridized carbons (Fsp3) is 0.176. The average Bonchev–Trinajstić information content (AvgIpc) is 2.53. The molecule has 0 fully saturated rings. The Labute approximate surface area is 144 Å². The van der Waals surface area contributed by atoms with Gasteiger partial charge in [-0.15, -0.1) is 6.58 Å². The van der Waals surface area contributed by atoms with Crippen molar-refractivity contribution in [3.8, 4) is 5.75 Å². The molecule has 0 radical (unpaired) electrons. The van der Waals surface area contributed by atoms with Crippen molar-refractivity contribution in [3.05, 3.63) is 65.2 Å². The van der Waals surface area contributed by atoms with Gasteiger partial charge < -0.3 is 4.74 Å². The predicted octanol–water partition coefficient (Wildman–Crippen LogP) is 3.90. The van der Waals surface area contributed by atoms with Gasteiger partial charge in [-0.3, -0.25) is 4.31 Å². The summed E-state index contributed by atoms with van der Waals surface area (Å²) in [6.07, 6.45) is 1.59. The maximum absolute atomic E-state index is 13.1. The molecule has 0 amide bonds. The van der Waals surface area contributed by atoms with E-state index in [1.807, 2.05) is 13.0 Å². The van der Waals surface area contributed by atoms with Gasteiger partial charge in [0.25, 0.3) is 10.0 Å². The molecule has 0 aliphatic carbocycles. The predicted molar refractivity (Wildman–Crippen MR) is 94.5 cm³/mol. The van der Waals surface area contributed by atoms with Gasteiger partial charge >= 0.3 is 0 Å². The van der Waals surface area contributed by atoms with E-state index in [1.54, 1.807) is 42.5 Å². The fourth-order valence-corrected chi connectivity index (χ4v) is 4.46. The zero-order valence-electron chi connectivity index (χ0n) is 12.6. The SMILES string of the molecule is C=C[C@@H]1COc2ccc(Br)cc2N1S(=O)(=O)c1ccc(C)cc1. The molecule has 1 aliphatic rings. The third-order valence-corrected chi connectivity index (χ3v) is 6.07. The summed E-state index contributed by atoms with van der Waals surface area (Å²) in [7, 11) is -3.71. The second-order valence-electron chi connectivity index (χ2n) is 5.34. The molecule has 2 aromatic rings. The van der Waals surface area contributed by atoms with E-state index in [1.165, 1.54) is 4.31 Å². The number of hydrogen-bond acceptors (Lipinski definition) is 3. The van der Waals surface area contributed by atoms with Crippen LogP contribution in [0.2, 0.25) is 0 Å². The van der Waals surface area contributed by atoms with Crippen LogP contribution >= 0.6 is 15.9 Å². The Morgan fingerprint density at radius 2 is 1.96 bits per heavy atom. The maximum Gasteiger partial charge on any atom is 0.265 e. The normalized spacial score (nSPS) is 17.3. The van der Waals surface area contributed by atoms with Crippen LogP contribution in [0.15, 0.2) is 64.5 Å². The lowest BCUT2D eigenvalue weighted by atomic mass is 10.2. The summed E-state index contributed by atoms with van der Waals surface area (Å²) < 4.78 is 34.1. The highest BCUT2D eigenvalue weighted by atomic mass is 79.9. The Balaban J connectivity index is 2.17. The van der Waals surface area contributed by atoms with E-state index < -0.39 is 16.1 Å². The van der Waals surface area contributed by atoms with Crippen molar-refractivity contribution < 1.29 is 13.2 Å². The fourth-order valence-electron chi connectivity index (χ4n) is 2.50. The van der Waals surface area contributed by atoms with Crippen LogP contribution in [0.5, 0.6) is 5.75 Å². The quantitative estimate of drug-likeness (QED) is 0.742. The lowest BCUT2D eigenvalue weighted by molar-refractivity contribution is 0.292. The molecule has 0 unspecified atom stereocenters. The number of nitrogens with zero attached hydrogens (tertiary/aromatic N) is 1. The smallest absolute Gasteiger partial charge is 0.265 e. The maximum atomic E-state index is 13.1. The Hall–Kier alpha value is -1.79. The molecule has 4 nitrogen and oxygen atoms in total. The van der Waals surface area contributed by atoms with E-state index in [9.17, 15) is 8.42 Å². The minimum Gasteiger partial charge on any atom is -0.489 e. The molecule has 23 heavy (non-hydrogen) atoms. The van der Waals surface area contributed by atoms with E-state index in [2.05, 4.69) is 22.5 Å².